The van der Waals surface area contributed by atoms with Crippen molar-refractivity contribution in [2.24, 2.45) is 5.84 Å². The first-order valence-corrected chi connectivity index (χ1v) is 6.53. The van der Waals surface area contributed by atoms with Crippen molar-refractivity contribution in [3.8, 4) is 0 Å². The number of aromatic nitrogens is 1. The van der Waals surface area contributed by atoms with Gasteiger partial charge in [0.1, 0.15) is 0 Å². The van der Waals surface area contributed by atoms with Crippen molar-refractivity contribution >= 4 is 22.4 Å². The number of hydrogen-bond acceptors (Lipinski definition) is 5. The maximum absolute atomic E-state index is 13.6. The summed E-state index contributed by atoms with van der Waals surface area (Å²) in [5.74, 6) is 4.26. The van der Waals surface area contributed by atoms with Gasteiger partial charge < -0.3 is 10.3 Å². The topological polar surface area (TPSA) is 71.2 Å². The van der Waals surface area contributed by atoms with Crippen LogP contribution in [0, 0.1) is 11.6 Å². The molecule has 1 aliphatic heterocycles. The van der Waals surface area contributed by atoms with E-state index in [4.69, 9.17) is 5.84 Å². The monoisotopic (exact) mass is 262 g/mol. The van der Waals surface area contributed by atoms with Crippen LogP contribution < -0.4 is 16.2 Å². The van der Waals surface area contributed by atoms with E-state index in [0.717, 1.165) is 6.07 Å². The highest BCUT2D eigenvalue weighted by atomic mass is 32.2. The fourth-order valence-electron chi connectivity index (χ4n) is 1.63. The number of hydrazine groups is 1. The summed E-state index contributed by atoms with van der Waals surface area (Å²) in [6, 6.07) is 0.739. The van der Waals surface area contributed by atoms with Gasteiger partial charge in [0.2, 0.25) is 0 Å². The number of rotatable bonds is 2. The molecular weight excluding hydrogens is 250 g/mol. The van der Waals surface area contributed by atoms with Crippen molar-refractivity contribution in [1.82, 2.24) is 4.98 Å². The number of halogens is 2. The van der Waals surface area contributed by atoms with E-state index in [9.17, 15) is 13.0 Å². The Hall–Kier alpha value is -1.28. The third-order valence-corrected chi connectivity index (χ3v) is 3.80. The molecule has 2 rings (SSSR count). The Kier molecular flexibility index (Phi) is 3.53. The highest BCUT2D eigenvalue weighted by molar-refractivity contribution is 7.85. The van der Waals surface area contributed by atoms with Crippen LogP contribution in [0.3, 0.4) is 0 Å². The van der Waals surface area contributed by atoms with Gasteiger partial charge in [-0.1, -0.05) is 0 Å². The van der Waals surface area contributed by atoms with Crippen LogP contribution in [0.4, 0.5) is 20.4 Å². The van der Waals surface area contributed by atoms with Gasteiger partial charge >= 0.3 is 0 Å². The number of nitrogen functional groups attached to an aromatic ring is 1. The minimum atomic E-state index is -0.859. The Morgan fingerprint density at radius 3 is 2.59 bits per heavy atom. The second kappa shape index (κ2) is 4.92. The average molecular weight is 262 g/mol. The number of pyridine rings is 1. The van der Waals surface area contributed by atoms with Gasteiger partial charge in [0.05, 0.1) is 0 Å². The number of nitrogens with one attached hydrogen (secondary N) is 1. The second-order valence-electron chi connectivity index (χ2n) is 3.60. The first-order chi connectivity index (χ1) is 8.11. The van der Waals surface area contributed by atoms with Crippen molar-refractivity contribution in [3.63, 3.8) is 0 Å². The zero-order valence-electron chi connectivity index (χ0n) is 8.95. The summed E-state index contributed by atoms with van der Waals surface area (Å²) in [7, 11) is -0.859. The predicted octanol–water partition coefficient (Wildman–Crippen LogP) is 0.214. The zero-order chi connectivity index (χ0) is 12.4. The minimum Gasteiger partial charge on any atom is -0.352 e. The smallest absolute Gasteiger partial charge is 0.178 e. The molecule has 0 spiro atoms. The highest BCUT2D eigenvalue weighted by Gasteiger charge is 2.21. The van der Waals surface area contributed by atoms with Crippen LogP contribution in [-0.2, 0) is 10.8 Å². The van der Waals surface area contributed by atoms with Gasteiger partial charge in [-0.05, 0) is 0 Å². The summed E-state index contributed by atoms with van der Waals surface area (Å²) in [6.07, 6.45) is 0. The molecule has 0 aliphatic carbocycles. The van der Waals surface area contributed by atoms with Gasteiger partial charge in [-0.25, -0.2) is 19.6 Å². The third kappa shape index (κ3) is 2.52. The van der Waals surface area contributed by atoms with Crippen LogP contribution in [0.1, 0.15) is 0 Å². The largest absolute Gasteiger partial charge is 0.352 e. The predicted molar refractivity (Wildman–Crippen MR) is 62.1 cm³/mol. The lowest BCUT2D eigenvalue weighted by atomic mass is 10.3. The molecule has 1 aliphatic rings. The number of anilines is 2. The average Bonchev–Trinajstić information content (AvgIpc) is 2.31. The first-order valence-electron chi connectivity index (χ1n) is 5.04. The SMILES string of the molecule is NNc1nc(N2CCS(=O)CC2)c(F)cc1F. The van der Waals surface area contributed by atoms with E-state index in [1.54, 1.807) is 4.90 Å². The van der Waals surface area contributed by atoms with E-state index in [1.807, 2.05) is 0 Å². The maximum atomic E-state index is 13.6. The van der Waals surface area contributed by atoms with Crippen molar-refractivity contribution in [1.29, 1.82) is 0 Å². The molecule has 0 atom stereocenters. The minimum absolute atomic E-state index is 0.0380. The molecule has 1 saturated heterocycles. The molecule has 0 radical (unpaired) electrons. The molecule has 3 N–H and O–H groups in total. The van der Waals surface area contributed by atoms with Crippen molar-refractivity contribution in [3.05, 3.63) is 17.7 Å². The van der Waals surface area contributed by atoms with Gasteiger partial charge in [-0.15, -0.1) is 0 Å². The lowest BCUT2D eigenvalue weighted by Crippen LogP contribution is -2.39. The second-order valence-corrected chi connectivity index (χ2v) is 5.30. The molecular formula is C9H12F2N4OS. The van der Waals surface area contributed by atoms with Crippen molar-refractivity contribution < 1.29 is 13.0 Å². The van der Waals surface area contributed by atoms with Crippen LogP contribution in [0.2, 0.25) is 0 Å². The van der Waals surface area contributed by atoms with E-state index in [1.165, 1.54) is 0 Å². The molecule has 5 nitrogen and oxygen atoms in total. The molecule has 2 heterocycles. The quantitative estimate of drug-likeness (QED) is 0.589. The van der Waals surface area contributed by atoms with Gasteiger partial charge in [-0.2, -0.15) is 0 Å². The summed E-state index contributed by atoms with van der Waals surface area (Å²) in [4.78, 5) is 5.42. The first kappa shape index (κ1) is 12.2. The summed E-state index contributed by atoms with van der Waals surface area (Å²) in [6.45, 7) is 0.873. The van der Waals surface area contributed by atoms with Crippen LogP contribution in [0.15, 0.2) is 6.07 Å². The molecule has 94 valence electrons. The summed E-state index contributed by atoms with van der Waals surface area (Å²) < 4.78 is 37.9. The Morgan fingerprint density at radius 1 is 1.35 bits per heavy atom. The van der Waals surface area contributed by atoms with E-state index in [2.05, 4.69) is 10.4 Å². The van der Waals surface area contributed by atoms with E-state index in [-0.39, 0.29) is 11.6 Å². The summed E-state index contributed by atoms with van der Waals surface area (Å²) in [5.41, 5.74) is 2.07. The summed E-state index contributed by atoms with van der Waals surface area (Å²) >= 11 is 0. The van der Waals surface area contributed by atoms with Crippen LogP contribution >= 0.6 is 0 Å². The Morgan fingerprint density at radius 2 is 2.00 bits per heavy atom. The van der Waals surface area contributed by atoms with Crippen LogP contribution in [0.5, 0.6) is 0 Å². The van der Waals surface area contributed by atoms with E-state index >= 15 is 0 Å². The van der Waals surface area contributed by atoms with E-state index < -0.39 is 22.4 Å². The van der Waals surface area contributed by atoms with E-state index in [0.29, 0.717) is 24.6 Å². The molecule has 0 saturated carbocycles. The number of nitrogens with two attached hydrogens (primary N) is 1. The lowest BCUT2D eigenvalue weighted by Gasteiger charge is -2.27. The lowest BCUT2D eigenvalue weighted by molar-refractivity contribution is 0.570. The Balaban J connectivity index is 2.28. The van der Waals surface area contributed by atoms with Gasteiger partial charge in [0.15, 0.2) is 23.3 Å². The molecule has 0 aromatic carbocycles. The van der Waals surface area contributed by atoms with Gasteiger partial charge in [0.25, 0.3) is 0 Å². The fraction of sp³-hybridized carbons (Fsp3) is 0.444. The zero-order valence-corrected chi connectivity index (χ0v) is 9.77. The molecule has 1 aromatic heterocycles. The maximum Gasteiger partial charge on any atom is 0.178 e. The normalized spacial score (nSPS) is 17.2. The molecule has 1 fully saturated rings. The third-order valence-electron chi connectivity index (χ3n) is 2.52. The molecule has 1 aromatic rings. The van der Waals surface area contributed by atoms with Gasteiger partial charge in [0, 0.05) is 41.5 Å². The van der Waals surface area contributed by atoms with Crippen LogP contribution in [0.25, 0.3) is 0 Å². The molecule has 17 heavy (non-hydrogen) atoms. The Bertz CT molecular complexity index is 447. The standard InChI is InChI=1S/C9H12F2N4OS/c10-6-5-7(11)9(13-8(6)14-12)15-1-3-17(16)4-2-15/h5H,1-4,12H2,(H,13,14). The molecule has 0 bridgehead atoms. The highest BCUT2D eigenvalue weighted by Crippen LogP contribution is 2.22. The summed E-state index contributed by atoms with van der Waals surface area (Å²) in [5, 5.41) is 0. The van der Waals surface area contributed by atoms with Crippen molar-refractivity contribution in [2.75, 3.05) is 34.9 Å². The number of hydrogen-bond donors (Lipinski definition) is 2. The molecule has 8 heteroatoms. The molecule has 0 amide bonds. The van der Waals surface area contributed by atoms with Gasteiger partial charge in [-0.3, -0.25) is 4.21 Å². The van der Waals surface area contributed by atoms with Crippen molar-refractivity contribution in [2.45, 2.75) is 0 Å². The fourth-order valence-corrected chi connectivity index (χ4v) is 2.68. The molecule has 0 unspecified atom stereocenters. The number of nitrogens with zero attached hydrogens (tertiary/aromatic N) is 2. The van der Waals surface area contributed by atoms with Crippen LogP contribution in [-0.4, -0.2) is 33.8 Å². The Labute approximate surface area is 99.4 Å².